The van der Waals surface area contributed by atoms with E-state index in [9.17, 15) is 4.79 Å². The van der Waals surface area contributed by atoms with Crippen LogP contribution in [0.2, 0.25) is 0 Å². The molecule has 6 nitrogen and oxygen atoms in total. The lowest BCUT2D eigenvalue weighted by molar-refractivity contribution is -0.0756. The van der Waals surface area contributed by atoms with Gasteiger partial charge in [-0.2, -0.15) is 0 Å². The first-order chi connectivity index (χ1) is 8.17. The largest absolute Gasteiger partial charge is 0.277 e. The molecule has 0 fully saturated rings. The van der Waals surface area contributed by atoms with E-state index in [4.69, 9.17) is 4.84 Å². The number of carbonyl (C=O) groups is 1. The van der Waals surface area contributed by atoms with E-state index in [1.54, 1.807) is 23.9 Å². The van der Waals surface area contributed by atoms with Gasteiger partial charge < -0.3 is 0 Å². The number of fused-ring (bicyclic) bond motifs is 1. The number of amides is 1. The molecular weight excluding hydrogens is 220 g/mol. The molecule has 1 amide bonds. The van der Waals surface area contributed by atoms with E-state index in [0.717, 1.165) is 12.1 Å². The van der Waals surface area contributed by atoms with Gasteiger partial charge in [0.2, 0.25) is 0 Å². The number of benzene rings is 1. The smallest absolute Gasteiger partial charge is 0.274 e. The molecule has 0 aliphatic rings. The third-order valence-corrected chi connectivity index (χ3v) is 2.62. The fourth-order valence-corrected chi connectivity index (χ4v) is 1.60. The Labute approximate surface area is 98.7 Å². The van der Waals surface area contributed by atoms with E-state index >= 15 is 0 Å². The SMILES string of the molecule is CCn1nnc2cc(C(=O)N(C)OC)ccc21. The summed E-state index contributed by atoms with van der Waals surface area (Å²) in [7, 11) is 3.01. The van der Waals surface area contributed by atoms with Gasteiger partial charge in [-0.05, 0) is 25.1 Å². The molecular formula is C11H14N4O2. The van der Waals surface area contributed by atoms with Crippen LogP contribution in [-0.4, -0.2) is 40.1 Å². The molecule has 90 valence electrons. The van der Waals surface area contributed by atoms with Gasteiger partial charge in [-0.1, -0.05) is 5.21 Å². The monoisotopic (exact) mass is 234 g/mol. The highest BCUT2D eigenvalue weighted by Crippen LogP contribution is 2.14. The maximum Gasteiger partial charge on any atom is 0.277 e. The number of hydrogen-bond donors (Lipinski definition) is 0. The van der Waals surface area contributed by atoms with Gasteiger partial charge in [0.1, 0.15) is 5.52 Å². The van der Waals surface area contributed by atoms with Crippen molar-refractivity contribution < 1.29 is 9.63 Å². The van der Waals surface area contributed by atoms with Crippen molar-refractivity contribution in [2.24, 2.45) is 0 Å². The van der Waals surface area contributed by atoms with Crippen molar-refractivity contribution in [1.82, 2.24) is 20.1 Å². The maximum atomic E-state index is 11.8. The number of hydrogen-bond acceptors (Lipinski definition) is 4. The van der Waals surface area contributed by atoms with Crippen LogP contribution >= 0.6 is 0 Å². The number of hydroxylamine groups is 2. The Kier molecular flexibility index (Phi) is 3.06. The lowest BCUT2D eigenvalue weighted by Gasteiger charge is -2.13. The number of aryl methyl sites for hydroxylation is 1. The third kappa shape index (κ3) is 1.99. The Morgan fingerprint density at radius 2 is 2.29 bits per heavy atom. The zero-order chi connectivity index (χ0) is 12.4. The third-order valence-electron chi connectivity index (χ3n) is 2.62. The summed E-state index contributed by atoms with van der Waals surface area (Å²) < 4.78 is 1.78. The van der Waals surface area contributed by atoms with Gasteiger partial charge in [0.15, 0.2) is 0 Å². The first-order valence-corrected chi connectivity index (χ1v) is 5.32. The molecule has 0 aliphatic heterocycles. The number of aromatic nitrogens is 3. The summed E-state index contributed by atoms with van der Waals surface area (Å²) in [6.45, 7) is 2.74. The summed E-state index contributed by atoms with van der Waals surface area (Å²) >= 11 is 0. The molecule has 0 bridgehead atoms. The molecule has 17 heavy (non-hydrogen) atoms. The molecule has 0 saturated carbocycles. The van der Waals surface area contributed by atoms with Crippen molar-refractivity contribution in [3.63, 3.8) is 0 Å². The summed E-state index contributed by atoms with van der Waals surface area (Å²) in [6, 6.07) is 5.30. The van der Waals surface area contributed by atoms with E-state index in [2.05, 4.69) is 10.3 Å². The van der Waals surface area contributed by atoms with E-state index in [0.29, 0.717) is 11.1 Å². The summed E-state index contributed by atoms with van der Waals surface area (Å²) in [5, 5.41) is 9.18. The molecule has 1 heterocycles. The maximum absolute atomic E-state index is 11.8. The van der Waals surface area contributed by atoms with Gasteiger partial charge in [-0.25, -0.2) is 9.75 Å². The number of rotatable bonds is 3. The van der Waals surface area contributed by atoms with E-state index < -0.39 is 0 Å². The second-order valence-corrected chi connectivity index (χ2v) is 3.59. The second-order valence-electron chi connectivity index (χ2n) is 3.59. The molecule has 1 aromatic carbocycles. The van der Waals surface area contributed by atoms with Gasteiger partial charge in [-0.3, -0.25) is 9.63 Å². The molecule has 0 saturated heterocycles. The second kappa shape index (κ2) is 4.50. The Morgan fingerprint density at radius 3 is 2.94 bits per heavy atom. The summed E-state index contributed by atoms with van der Waals surface area (Å²) in [6.07, 6.45) is 0. The zero-order valence-electron chi connectivity index (χ0n) is 10.0. The predicted molar refractivity (Wildman–Crippen MR) is 62.3 cm³/mol. The first-order valence-electron chi connectivity index (χ1n) is 5.32. The van der Waals surface area contributed by atoms with Gasteiger partial charge in [0.25, 0.3) is 5.91 Å². The number of carbonyl (C=O) groups excluding carboxylic acids is 1. The van der Waals surface area contributed by atoms with E-state index in [1.165, 1.54) is 12.2 Å². The molecule has 0 spiro atoms. The Hall–Kier alpha value is -1.95. The highest BCUT2D eigenvalue weighted by molar-refractivity contribution is 5.96. The lowest BCUT2D eigenvalue weighted by atomic mass is 10.2. The van der Waals surface area contributed by atoms with Crippen LogP contribution in [0.1, 0.15) is 17.3 Å². The Morgan fingerprint density at radius 1 is 1.53 bits per heavy atom. The minimum Gasteiger partial charge on any atom is -0.274 e. The minimum absolute atomic E-state index is 0.208. The van der Waals surface area contributed by atoms with Crippen molar-refractivity contribution in [3.05, 3.63) is 23.8 Å². The van der Waals surface area contributed by atoms with Crippen molar-refractivity contribution >= 4 is 16.9 Å². The Balaban J connectivity index is 2.42. The fraction of sp³-hybridized carbons (Fsp3) is 0.364. The van der Waals surface area contributed by atoms with Crippen molar-refractivity contribution in [2.75, 3.05) is 14.2 Å². The van der Waals surface area contributed by atoms with Crippen LogP contribution in [-0.2, 0) is 11.4 Å². The van der Waals surface area contributed by atoms with Gasteiger partial charge in [0.05, 0.1) is 12.6 Å². The van der Waals surface area contributed by atoms with Crippen LogP contribution < -0.4 is 0 Å². The molecule has 0 aliphatic carbocycles. The normalized spacial score (nSPS) is 10.8. The summed E-state index contributed by atoms with van der Waals surface area (Å²) in [5.41, 5.74) is 2.16. The highest BCUT2D eigenvalue weighted by Gasteiger charge is 2.13. The summed E-state index contributed by atoms with van der Waals surface area (Å²) in [4.78, 5) is 16.7. The van der Waals surface area contributed by atoms with E-state index in [-0.39, 0.29) is 5.91 Å². The lowest BCUT2D eigenvalue weighted by Crippen LogP contribution is -2.25. The Bertz CT molecular complexity index is 549. The highest BCUT2D eigenvalue weighted by atomic mass is 16.7. The summed E-state index contributed by atoms with van der Waals surface area (Å²) in [5.74, 6) is -0.208. The zero-order valence-corrected chi connectivity index (χ0v) is 10.0. The van der Waals surface area contributed by atoms with Crippen molar-refractivity contribution in [2.45, 2.75) is 13.5 Å². The minimum atomic E-state index is -0.208. The standard InChI is InChI=1S/C11H14N4O2/c1-4-15-10-6-5-8(7-9(10)12-13-15)11(16)14(2)17-3/h5-7H,4H2,1-3H3. The van der Waals surface area contributed by atoms with Crippen LogP contribution in [0.5, 0.6) is 0 Å². The van der Waals surface area contributed by atoms with Crippen LogP contribution in [0.4, 0.5) is 0 Å². The van der Waals surface area contributed by atoms with Crippen LogP contribution in [0, 0.1) is 0 Å². The predicted octanol–water partition coefficient (Wildman–Crippen LogP) is 1.08. The van der Waals surface area contributed by atoms with Gasteiger partial charge >= 0.3 is 0 Å². The molecule has 0 unspecified atom stereocenters. The average Bonchev–Trinajstić information content (AvgIpc) is 2.78. The molecule has 2 aromatic rings. The molecule has 1 aromatic heterocycles. The van der Waals surface area contributed by atoms with Gasteiger partial charge in [-0.15, -0.1) is 5.10 Å². The van der Waals surface area contributed by atoms with Crippen LogP contribution in [0.15, 0.2) is 18.2 Å². The van der Waals surface area contributed by atoms with Crippen LogP contribution in [0.25, 0.3) is 11.0 Å². The fourth-order valence-electron chi connectivity index (χ4n) is 1.60. The molecule has 0 N–H and O–H groups in total. The molecule has 6 heteroatoms. The van der Waals surface area contributed by atoms with Gasteiger partial charge in [0, 0.05) is 19.2 Å². The number of nitrogens with zero attached hydrogens (tertiary/aromatic N) is 4. The molecule has 0 atom stereocenters. The van der Waals surface area contributed by atoms with Crippen molar-refractivity contribution in [1.29, 1.82) is 0 Å². The molecule has 0 radical (unpaired) electrons. The molecule has 2 rings (SSSR count). The average molecular weight is 234 g/mol. The quantitative estimate of drug-likeness (QED) is 0.746. The van der Waals surface area contributed by atoms with E-state index in [1.807, 2.05) is 13.0 Å². The van der Waals surface area contributed by atoms with Crippen LogP contribution in [0.3, 0.4) is 0 Å². The van der Waals surface area contributed by atoms with Crippen molar-refractivity contribution in [3.8, 4) is 0 Å². The first kappa shape index (κ1) is 11.5. The topological polar surface area (TPSA) is 60.2 Å².